The van der Waals surface area contributed by atoms with Crippen molar-refractivity contribution < 1.29 is 9.53 Å². The maximum absolute atomic E-state index is 12.2. The summed E-state index contributed by atoms with van der Waals surface area (Å²) >= 11 is 0. The van der Waals surface area contributed by atoms with Crippen molar-refractivity contribution in [2.75, 3.05) is 6.61 Å². The molecule has 1 aromatic rings. The lowest BCUT2D eigenvalue weighted by molar-refractivity contribution is 0.0712. The van der Waals surface area contributed by atoms with E-state index < -0.39 is 0 Å². The van der Waals surface area contributed by atoms with Gasteiger partial charge in [0.2, 0.25) is 0 Å². The van der Waals surface area contributed by atoms with Gasteiger partial charge in [-0.05, 0) is 42.9 Å². The Kier molecular flexibility index (Phi) is 4.48. The SMILES string of the molecule is C[C@@H](NC(=O)c1ccc(C(C)(C)C)cc1)[C@H]1CCCO1. The standard InChI is InChI=1S/C17H25NO2/c1-12(15-6-5-11-20-15)18-16(19)13-7-9-14(10-8-13)17(2,3)4/h7-10,12,15H,5-6,11H2,1-4H3,(H,18,19)/t12-,15-/m1/s1. The summed E-state index contributed by atoms with van der Waals surface area (Å²) in [6.45, 7) is 9.33. The Labute approximate surface area is 121 Å². The molecule has 1 heterocycles. The molecule has 2 rings (SSSR count). The topological polar surface area (TPSA) is 38.3 Å². The fourth-order valence-electron chi connectivity index (χ4n) is 2.50. The minimum atomic E-state index is -0.0199. The number of hydrogen-bond donors (Lipinski definition) is 1. The average molecular weight is 275 g/mol. The molecule has 1 N–H and O–H groups in total. The van der Waals surface area contributed by atoms with Gasteiger partial charge in [0.25, 0.3) is 5.91 Å². The van der Waals surface area contributed by atoms with Crippen LogP contribution >= 0.6 is 0 Å². The van der Waals surface area contributed by atoms with Gasteiger partial charge in [-0.15, -0.1) is 0 Å². The average Bonchev–Trinajstić information content (AvgIpc) is 2.91. The van der Waals surface area contributed by atoms with Crippen molar-refractivity contribution >= 4 is 5.91 Å². The van der Waals surface area contributed by atoms with Crippen LogP contribution in [0.1, 0.15) is 56.5 Å². The Morgan fingerprint density at radius 3 is 2.45 bits per heavy atom. The zero-order valence-electron chi connectivity index (χ0n) is 12.9. The summed E-state index contributed by atoms with van der Waals surface area (Å²) in [5.41, 5.74) is 2.06. The van der Waals surface area contributed by atoms with E-state index in [1.54, 1.807) is 0 Å². The molecule has 110 valence electrons. The molecule has 20 heavy (non-hydrogen) atoms. The van der Waals surface area contributed by atoms with E-state index in [9.17, 15) is 4.79 Å². The maximum atomic E-state index is 12.2. The van der Waals surface area contributed by atoms with Crippen molar-refractivity contribution in [2.24, 2.45) is 0 Å². The second kappa shape index (κ2) is 5.96. The predicted molar refractivity (Wildman–Crippen MR) is 81.0 cm³/mol. The lowest BCUT2D eigenvalue weighted by Gasteiger charge is -2.21. The minimum Gasteiger partial charge on any atom is -0.376 e. The van der Waals surface area contributed by atoms with Crippen LogP contribution in [0, 0.1) is 0 Å². The molecule has 0 saturated carbocycles. The second-order valence-corrected chi connectivity index (χ2v) is 6.64. The van der Waals surface area contributed by atoms with Gasteiger partial charge in [0, 0.05) is 12.2 Å². The smallest absolute Gasteiger partial charge is 0.251 e. The van der Waals surface area contributed by atoms with Crippen LogP contribution in [0.4, 0.5) is 0 Å². The molecule has 0 bridgehead atoms. The van der Waals surface area contributed by atoms with E-state index in [-0.39, 0.29) is 23.5 Å². The van der Waals surface area contributed by atoms with Gasteiger partial charge in [0.1, 0.15) is 0 Å². The Bertz CT molecular complexity index is 453. The number of carbonyl (C=O) groups is 1. The summed E-state index contributed by atoms with van der Waals surface area (Å²) in [5.74, 6) is -0.0199. The fraction of sp³-hybridized carbons (Fsp3) is 0.588. The third-order valence-corrected chi connectivity index (χ3v) is 3.89. The van der Waals surface area contributed by atoms with Crippen LogP contribution in [0.2, 0.25) is 0 Å². The molecule has 3 heteroatoms. The van der Waals surface area contributed by atoms with Gasteiger partial charge < -0.3 is 10.1 Å². The van der Waals surface area contributed by atoms with Crippen molar-refractivity contribution in [2.45, 2.75) is 58.1 Å². The van der Waals surface area contributed by atoms with Crippen molar-refractivity contribution in [1.29, 1.82) is 0 Å². The number of rotatable bonds is 3. The molecule has 0 radical (unpaired) electrons. The molecule has 0 aromatic heterocycles. The van der Waals surface area contributed by atoms with Gasteiger partial charge in [-0.1, -0.05) is 32.9 Å². The quantitative estimate of drug-likeness (QED) is 0.919. The first-order chi connectivity index (χ1) is 9.38. The molecule has 1 aliphatic rings. The van der Waals surface area contributed by atoms with E-state index in [4.69, 9.17) is 4.74 Å². The first kappa shape index (κ1) is 15.0. The van der Waals surface area contributed by atoms with Crippen molar-refractivity contribution in [3.63, 3.8) is 0 Å². The number of nitrogens with one attached hydrogen (secondary N) is 1. The molecular formula is C17H25NO2. The van der Waals surface area contributed by atoms with E-state index in [1.165, 1.54) is 5.56 Å². The van der Waals surface area contributed by atoms with Gasteiger partial charge in [0.05, 0.1) is 12.1 Å². The molecular weight excluding hydrogens is 250 g/mol. The van der Waals surface area contributed by atoms with E-state index in [0.717, 1.165) is 19.4 Å². The zero-order chi connectivity index (χ0) is 14.8. The van der Waals surface area contributed by atoms with Crippen LogP contribution < -0.4 is 5.32 Å². The number of carbonyl (C=O) groups excluding carboxylic acids is 1. The lowest BCUT2D eigenvalue weighted by Crippen LogP contribution is -2.40. The summed E-state index contributed by atoms with van der Waals surface area (Å²) in [5, 5.41) is 3.03. The first-order valence-corrected chi connectivity index (χ1v) is 7.41. The van der Waals surface area contributed by atoms with Gasteiger partial charge in [-0.25, -0.2) is 0 Å². The number of benzene rings is 1. The Hall–Kier alpha value is -1.35. The first-order valence-electron chi connectivity index (χ1n) is 7.41. The summed E-state index contributed by atoms with van der Waals surface area (Å²) < 4.78 is 5.60. The van der Waals surface area contributed by atoms with Crippen LogP contribution in [-0.2, 0) is 10.2 Å². The van der Waals surface area contributed by atoms with Gasteiger partial charge in [-0.3, -0.25) is 4.79 Å². The molecule has 1 amide bonds. The minimum absolute atomic E-state index is 0.0199. The summed E-state index contributed by atoms with van der Waals surface area (Å²) in [7, 11) is 0. The highest BCUT2D eigenvalue weighted by Gasteiger charge is 2.24. The lowest BCUT2D eigenvalue weighted by atomic mass is 9.86. The molecule has 1 aromatic carbocycles. The Balaban J connectivity index is 1.98. The summed E-state index contributed by atoms with van der Waals surface area (Å²) in [6, 6.07) is 7.93. The van der Waals surface area contributed by atoms with Gasteiger partial charge >= 0.3 is 0 Å². The van der Waals surface area contributed by atoms with Crippen LogP contribution in [0.25, 0.3) is 0 Å². The maximum Gasteiger partial charge on any atom is 0.251 e. The molecule has 0 unspecified atom stereocenters. The number of hydrogen-bond acceptors (Lipinski definition) is 2. The molecule has 0 spiro atoms. The van der Waals surface area contributed by atoms with Crippen molar-refractivity contribution in [3.8, 4) is 0 Å². The summed E-state index contributed by atoms with van der Waals surface area (Å²) in [6.07, 6.45) is 2.28. The second-order valence-electron chi connectivity index (χ2n) is 6.64. The van der Waals surface area contributed by atoms with E-state index in [0.29, 0.717) is 5.56 Å². The normalized spacial score (nSPS) is 20.7. The Morgan fingerprint density at radius 2 is 1.95 bits per heavy atom. The number of ether oxygens (including phenoxy) is 1. The molecule has 0 aliphatic carbocycles. The van der Waals surface area contributed by atoms with Gasteiger partial charge in [-0.2, -0.15) is 0 Å². The van der Waals surface area contributed by atoms with Gasteiger partial charge in [0.15, 0.2) is 0 Å². The molecule has 2 atom stereocenters. The number of amides is 1. The zero-order valence-corrected chi connectivity index (χ0v) is 12.9. The largest absolute Gasteiger partial charge is 0.376 e. The third kappa shape index (κ3) is 3.60. The molecule has 3 nitrogen and oxygen atoms in total. The molecule has 1 saturated heterocycles. The van der Waals surface area contributed by atoms with Crippen LogP contribution in [0.3, 0.4) is 0 Å². The van der Waals surface area contributed by atoms with Crippen LogP contribution in [-0.4, -0.2) is 24.7 Å². The van der Waals surface area contributed by atoms with E-state index in [1.807, 2.05) is 31.2 Å². The highest BCUT2D eigenvalue weighted by Crippen LogP contribution is 2.22. The summed E-state index contributed by atoms with van der Waals surface area (Å²) in [4.78, 5) is 12.2. The molecule has 1 fully saturated rings. The highest BCUT2D eigenvalue weighted by atomic mass is 16.5. The Morgan fingerprint density at radius 1 is 1.30 bits per heavy atom. The monoisotopic (exact) mass is 275 g/mol. The third-order valence-electron chi connectivity index (χ3n) is 3.89. The van der Waals surface area contributed by atoms with Crippen molar-refractivity contribution in [1.82, 2.24) is 5.32 Å². The van der Waals surface area contributed by atoms with E-state index >= 15 is 0 Å². The highest BCUT2D eigenvalue weighted by molar-refractivity contribution is 5.94. The van der Waals surface area contributed by atoms with Crippen LogP contribution in [0.15, 0.2) is 24.3 Å². The molecule has 1 aliphatic heterocycles. The van der Waals surface area contributed by atoms with Crippen LogP contribution in [0.5, 0.6) is 0 Å². The van der Waals surface area contributed by atoms with E-state index in [2.05, 4.69) is 26.1 Å². The van der Waals surface area contributed by atoms with Crippen molar-refractivity contribution in [3.05, 3.63) is 35.4 Å². The fourth-order valence-corrected chi connectivity index (χ4v) is 2.50. The predicted octanol–water partition coefficient (Wildman–Crippen LogP) is 3.28.